The summed E-state index contributed by atoms with van der Waals surface area (Å²) >= 11 is 6.21. The molecule has 1 aromatic carbocycles. The van der Waals surface area contributed by atoms with E-state index in [-0.39, 0.29) is 5.82 Å². The van der Waals surface area contributed by atoms with Crippen LogP contribution in [0.1, 0.15) is 5.56 Å². The van der Waals surface area contributed by atoms with Gasteiger partial charge in [0, 0.05) is 28.0 Å². The lowest BCUT2D eigenvalue weighted by molar-refractivity contribution is 1.29. The van der Waals surface area contributed by atoms with Gasteiger partial charge in [0.15, 0.2) is 0 Å². The topological polar surface area (TPSA) is 78.5 Å². The van der Waals surface area contributed by atoms with Crippen molar-refractivity contribution >= 4 is 17.4 Å². The summed E-state index contributed by atoms with van der Waals surface area (Å²) < 4.78 is 0. The Kier molecular flexibility index (Phi) is 3.35. The van der Waals surface area contributed by atoms with E-state index in [0.717, 1.165) is 11.3 Å². The van der Waals surface area contributed by atoms with Crippen LogP contribution in [0, 0.1) is 11.3 Å². The summed E-state index contributed by atoms with van der Waals surface area (Å²) in [4.78, 5) is 7.38. The van der Waals surface area contributed by atoms with Crippen LogP contribution in [-0.2, 0) is 0 Å². The summed E-state index contributed by atoms with van der Waals surface area (Å²) in [6.07, 6.45) is 1.79. The van der Waals surface area contributed by atoms with Crippen LogP contribution in [0.5, 0.6) is 0 Å². The normalized spacial score (nSPS) is 10.3. The van der Waals surface area contributed by atoms with Crippen molar-refractivity contribution in [3.8, 4) is 28.6 Å². The molecule has 3 rings (SSSR count). The lowest BCUT2D eigenvalue weighted by Crippen LogP contribution is -2.00. The Hall–Kier alpha value is -2.77. The molecule has 0 fully saturated rings. The van der Waals surface area contributed by atoms with Gasteiger partial charge in [-0.1, -0.05) is 29.8 Å². The van der Waals surface area contributed by atoms with E-state index < -0.39 is 0 Å². The zero-order valence-electron chi connectivity index (χ0n) is 11.0. The van der Waals surface area contributed by atoms with Gasteiger partial charge in [-0.15, -0.1) is 0 Å². The fraction of sp³-hybridized carbons (Fsp3) is 0. The van der Waals surface area contributed by atoms with Gasteiger partial charge >= 0.3 is 0 Å². The molecule has 0 spiro atoms. The number of rotatable bonds is 2. The summed E-state index contributed by atoms with van der Waals surface area (Å²) in [7, 11) is 0. The van der Waals surface area contributed by atoms with Crippen LogP contribution < -0.4 is 5.73 Å². The fourth-order valence-electron chi connectivity index (χ4n) is 2.20. The molecule has 0 atom stereocenters. The number of benzene rings is 1. The standard InChI is InChI=1S/C16H11ClN4/c17-13-5-2-1-4-10(13)15-8-11(14-6-3-7-20-14)12(9-18)16(19)21-15/h1-8,20H,(H2,19,21). The van der Waals surface area contributed by atoms with Gasteiger partial charge in [0.2, 0.25) is 0 Å². The molecule has 0 aliphatic carbocycles. The highest BCUT2D eigenvalue weighted by Gasteiger charge is 2.14. The molecule has 3 N–H and O–H groups in total. The molecule has 0 radical (unpaired) electrons. The summed E-state index contributed by atoms with van der Waals surface area (Å²) in [5.74, 6) is 0.194. The first-order chi connectivity index (χ1) is 10.2. The van der Waals surface area contributed by atoms with Crippen LogP contribution in [0.2, 0.25) is 5.02 Å². The van der Waals surface area contributed by atoms with E-state index in [1.807, 2.05) is 36.4 Å². The second-order valence-electron chi connectivity index (χ2n) is 4.49. The van der Waals surface area contributed by atoms with Gasteiger partial charge in [-0.25, -0.2) is 4.98 Å². The molecule has 3 aromatic rings. The van der Waals surface area contributed by atoms with E-state index in [4.69, 9.17) is 17.3 Å². The minimum atomic E-state index is 0.194. The third kappa shape index (κ3) is 2.35. The Morgan fingerprint density at radius 2 is 1.95 bits per heavy atom. The quantitative estimate of drug-likeness (QED) is 0.753. The van der Waals surface area contributed by atoms with E-state index >= 15 is 0 Å². The second kappa shape index (κ2) is 5.31. The van der Waals surface area contributed by atoms with Crippen LogP contribution in [0.4, 0.5) is 5.82 Å². The molecule has 2 heterocycles. The van der Waals surface area contributed by atoms with Crippen molar-refractivity contribution in [3.63, 3.8) is 0 Å². The Balaban J connectivity index is 2.26. The lowest BCUT2D eigenvalue weighted by Gasteiger charge is -2.10. The molecule has 0 amide bonds. The zero-order valence-corrected chi connectivity index (χ0v) is 11.7. The minimum absolute atomic E-state index is 0.194. The average Bonchev–Trinajstić information content (AvgIpc) is 3.01. The first-order valence-corrected chi connectivity index (χ1v) is 6.68. The summed E-state index contributed by atoms with van der Waals surface area (Å²) in [6.45, 7) is 0. The predicted octanol–water partition coefficient (Wildman–Crippen LogP) is 3.85. The van der Waals surface area contributed by atoms with Crippen molar-refractivity contribution in [1.29, 1.82) is 5.26 Å². The number of nitrogens with two attached hydrogens (primary N) is 1. The van der Waals surface area contributed by atoms with Gasteiger partial charge < -0.3 is 10.7 Å². The smallest absolute Gasteiger partial charge is 0.142 e. The molecule has 0 saturated carbocycles. The first-order valence-electron chi connectivity index (χ1n) is 6.30. The highest BCUT2D eigenvalue weighted by molar-refractivity contribution is 6.33. The second-order valence-corrected chi connectivity index (χ2v) is 4.90. The van der Waals surface area contributed by atoms with Crippen molar-refractivity contribution < 1.29 is 0 Å². The van der Waals surface area contributed by atoms with Crippen molar-refractivity contribution in [2.75, 3.05) is 5.73 Å². The monoisotopic (exact) mass is 294 g/mol. The number of hydrogen-bond donors (Lipinski definition) is 2. The van der Waals surface area contributed by atoms with E-state index in [1.165, 1.54) is 0 Å². The molecule has 5 heteroatoms. The zero-order chi connectivity index (χ0) is 14.8. The number of aromatic amines is 1. The van der Waals surface area contributed by atoms with E-state index in [9.17, 15) is 5.26 Å². The lowest BCUT2D eigenvalue weighted by atomic mass is 10.0. The number of hydrogen-bond acceptors (Lipinski definition) is 3. The Labute approximate surface area is 126 Å². The van der Waals surface area contributed by atoms with Crippen LogP contribution in [-0.4, -0.2) is 9.97 Å². The number of H-pyrrole nitrogens is 1. The van der Waals surface area contributed by atoms with Crippen molar-refractivity contribution in [1.82, 2.24) is 9.97 Å². The third-order valence-corrected chi connectivity index (χ3v) is 3.53. The molecular formula is C16H11ClN4. The molecule has 21 heavy (non-hydrogen) atoms. The highest BCUT2D eigenvalue weighted by Crippen LogP contribution is 2.33. The molecule has 0 saturated heterocycles. The number of aromatic nitrogens is 2. The Morgan fingerprint density at radius 1 is 1.14 bits per heavy atom. The molecule has 0 aliphatic rings. The van der Waals surface area contributed by atoms with Gasteiger partial charge in [-0.05, 0) is 24.3 Å². The molecule has 0 bridgehead atoms. The number of nitrogens with one attached hydrogen (secondary N) is 1. The predicted molar refractivity (Wildman–Crippen MR) is 83.6 cm³/mol. The molecule has 0 unspecified atom stereocenters. The maximum atomic E-state index is 9.30. The summed E-state index contributed by atoms with van der Waals surface area (Å²) in [6, 6.07) is 15.1. The van der Waals surface area contributed by atoms with E-state index in [2.05, 4.69) is 16.0 Å². The maximum absolute atomic E-state index is 9.30. The number of anilines is 1. The third-order valence-electron chi connectivity index (χ3n) is 3.20. The summed E-state index contributed by atoms with van der Waals surface area (Å²) in [5, 5.41) is 9.89. The SMILES string of the molecule is N#Cc1c(-c2ccc[nH]2)cc(-c2ccccc2Cl)nc1N. The van der Waals surface area contributed by atoms with Crippen LogP contribution in [0.25, 0.3) is 22.5 Å². The molecule has 102 valence electrons. The minimum Gasteiger partial charge on any atom is -0.383 e. The molecular weight excluding hydrogens is 284 g/mol. The average molecular weight is 295 g/mol. The van der Waals surface area contributed by atoms with E-state index in [0.29, 0.717) is 21.8 Å². The van der Waals surface area contributed by atoms with Crippen molar-refractivity contribution in [2.24, 2.45) is 0 Å². The number of nitrogens with zero attached hydrogens (tertiary/aromatic N) is 2. The number of nitriles is 1. The highest BCUT2D eigenvalue weighted by atomic mass is 35.5. The summed E-state index contributed by atoms with van der Waals surface area (Å²) in [5.41, 5.74) is 9.24. The largest absolute Gasteiger partial charge is 0.383 e. The van der Waals surface area contributed by atoms with E-state index in [1.54, 1.807) is 12.3 Å². The maximum Gasteiger partial charge on any atom is 0.142 e. The van der Waals surface area contributed by atoms with Crippen LogP contribution >= 0.6 is 11.6 Å². The van der Waals surface area contributed by atoms with Gasteiger partial charge in [-0.3, -0.25) is 0 Å². The van der Waals surface area contributed by atoms with Crippen molar-refractivity contribution in [2.45, 2.75) is 0 Å². The van der Waals surface area contributed by atoms with Crippen LogP contribution in [0.15, 0.2) is 48.7 Å². The molecule has 4 nitrogen and oxygen atoms in total. The number of nitrogen functional groups attached to an aromatic ring is 1. The van der Waals surface area contributed by atoms with Gasteiger partial charge in [-0.2, -0.15) is 5.26 Å². The Bertz CT molecular complexity index is 832. The fourth-order valence-corrected chi connectivity index (χ4v) is 2.43. The van der Waals surface area contributed by atoms with Gasteiger partial charge in [0.25, 0.3) is 0 Å². The molecule has 0 aliphatic heterocycles. The van der Waals surface area contributed by atoms with Gasteiger partial charge in [0.05, 0.1) is 5.69 Å². The molecule has 2 aromatic heterocycles. The van der Waals surface area contributed by atoms with Gasteiger partial charge in [0.1, 0.15) is 17.5 Å². The van der Waals surface area contributed by atoms with Crippen LogP contribution in [0.3, 0.4) is 0 Å². The number of halogens is 1. The number of pyridine rings is 1. The Morgan fingerprint density at radius 3 is 2.62 bits per heavy atom. The van der Waals surface area contributed by atoms with Crippen molar-refractivity contribution in [3.05, 3.63) is 59.2 Å². The first kappa shape index (κ1) is 13.2.